The molecule has 1 unspecified atom stereocenters. The molecule has 2 rings (SSSR count). The number of nitrogens with one attached hydrogen (secondary N) is 2. The molecule has 0 radical (unpaired) electrons. The Kier molecular flexibility index (Phi) is 5.04. The number of rotatable bonds is 5. The van der Waals surface area contributed by atoms with Gasteiger partial charge >= 0.3 is 0 Å². The Morgan fingerprint density at radius 2 is 1.91 bits per heavy atom. The van der Waals surface area contributed by atoms with Gasteiger partial charge in [0.1, 0.15) is 0 Å². The van der Waals surface area contributed by atoms with E-state index in [9.17, 15) is 4.79 Å². The maximum absolute atomic E-state index is 12.1. The van der Waals surface area contributed by atoms with Gasteiger partial charge in [0.25, 0.3) is 5.91 Å². The van der Waals surface area contributed by atoms with Gasteiger partial charge in [0.2, 0.25) is 5.95 Å². The van der Waals surface area contributed by atoms with Crippen LogP contribution in [0, 0.1) is 11.3 Å². The number of nitrogens with zero attached hydrogens (tertiary/aromatic N) is 3. The molecule has 6 heteroatoms. The molecule has 6 nitrogen and oxygen atoms in total. The lowest BCUT2D eigenvalue weighted by Crippen LogP contribution is -2.17. The predicted octanol–water partition coefficient (Wildman–Crippen LogP) is 2.81. The van der Waals surface area contributed by atoms with Gasteiger partial charge in [-0.25, -0.2) is 9.97 Å². The van der Waals surface area contributed by atoms with Crippen molar-refractivity contribution in [3.63, 3.8) is 0 Å². The minimum absolute atomic E-state index is 0.276. The molecule has 1 atom stereocenters. The van der Waals surface area contributed by atoms with Gasteiger partial charge in [0.05, 0.1) is 17.2 Å². The Bertz CT molecular complexity index is 673. The van der Waals surface area contributed by atoms with Crippen LogP contribution in [0.3, 0.4) is 0 Å². The Morgan fingerprint density at radius 3 is 2.45 bits per heavy atom. The van der Waals surface area contributed by atoms with Gasteiger partial charge in [-0.15, -0.1) is 0 Å². The standard InChI is InChI=1S/C16H17N5O/c1-3-11(2)20-16-18-9-13(10-19-16)15(22)21-14-6-4-12(8-17)5-7-14/h4-7,9-11H,3H2,1-2H3,(H,21,22)(H,18,19,20). The van der Waals surface area contributed by atoms with Crippen LogP contribution in [0.2, 0.25) is 0 Å². The molecule has 0 spiro atoms. The van der Waals surface area contributed by atoms with E-state index in [0.29, 0.717) is 22.8 Å². The second kappa shape index (κ2) is 7.18. The second-order valence-corrected chi connectivity index (χ2v) is 4.89. The quantitative estimate of drug-likeness (QED) is 0.885. The highest BCUT2D eigenvalue weighted by Crippen LogP contribution is 2.11. The van der Waals surface area contributed by atoms with Gasteiger partial charge in [-0.1, -0.05) is 6.92 Å². The molecule has 0 aliphatic heterocycles. The first kappa shape index (κ1) is 15.4. The van der Waals surface area contributed by atoms with Crippen LogP contribution in [0.25, 0.3) is 0 Å². The fourth-order valence-corrected chi connectivity index (χ4v) is 1.67. The van der Waals surface area contributed by atoms with Gasteiger partial charge in [0.15, 0.2) is 0 Å². The van der Waals surface area contributed by atoms with E-state index >= 15 is 0 Å². The molecule has 1 amide bonds. The number of anilines is 2. The van der Waals surface area contributed by atoms with Crippen molar-refractivity contribution in [2.75, 3.05) is 10.6 Å². The van der Waals surface area contributed by atoms with E-state index in [2.05, 4.69) is 27.5 Å². The first-order valence-electron chi connectivity index (χ1n) is 7.02. The van der Waals surface area contributed by atoms with Crippen LogP contribution in [0.1, 0.15) is 36.2 Å². The Hall–Kier alpha value is -2.94. The molecule has 0 fully saturated rings. The van der Waals surface area contributed by atoms with E-state index < -0.39 is 0 Å². The average Bonchev–Trinajstić information content (AvgIpc) is 2.56. The van der Waals surface area contributed by atoms with Crippen molar-refractivity contribution < 1.29 is 4.79 Å². The summed E-state index contributed by atoms with van der Waals surface area (Å²) in [6, 6.07) is 8.94. The van der Waals surface area contributed by atoms with E-state index in [4.69, 9.17) is 5.26 Å². The molecule has 0 saturated carbocycles. The number of amides is 1. The van der Waals surface area contributed by atoms with E-state index in [-0.39, 0.29) is 11.9 Å². The van der Waals surface area contributed by atoms with Crippen LogP contribution in [-0.2, 0) is 0 Å². The Balaban J connectivity index is 2.01. The fraction of sp³-hybridized carbons (Fsp3) is 0.250. The smallest absolute Gasteiger partial charge is 0.258 e. The maximum Gasteiger partial charge on any atom is 0.258 e. The summed E-state index contributed by atoms with van der Waals surface area (Å²) in [7, 11) is 0. The number of hydrogen-bond donors (Lipinski definition) is 2. The van der Waals surface area contributed by atoms with Crippen LogP contribution in [0.15, 0.2) is 36.7 Å². The summed E-state index contributed by atoms with van der Waals surface area (Å²) in [5.41, 5.74) is 1.53. The summed E-state index contributed by atoms with van der Waals surface area (Å²) in [6.07, 6.45) is 3.93. The molecular formula is C16H17N5O. The molecule has 112 valence electrons. The maximum atomic E-state index is 12.1. The van der Waals surface area contributed by atoms with E-state index in [1.807, 2.05) is 13.0 Å². The zero-order chi connectivity index (χ0) is 15.9. The van der Waals surface area contributed by atoms with Gasteiger partial charge in [0, 0.05) is 24.1 Å². The zero-order valence-electron chi connectivity index (χ0n) is 12.5. The Morgan fingerprint density at radius 1 is 1.27 bits per heavy atom. The van der Waals surface area contributed by atoms with Crippen LogP contribution in [-0.4, -0.2) is 21.9 Å². The number of benzene rings is 1. The monoisotopic (exact) mass is 295 g/mol. The fourth-order valence-electron chi connectivity index (χ4n) is 1.67. The SMILES string of the molecule is CCC(C)Nc1ncc(C(=O)Nc2ccc(C#N)cc2)cn1. The molecule has 0 aliphatic carbocycles. The van der Waals surface area contributed by atoms with Crippen LogP contribution < -0.4 is 10.6 Å². The third kappa shape index (κ3) is 4.03. The van der Waals surface area contributed by atoms with Gasteiger partial charge in [-0.05, 0) is 37.6 Å². The van der Waals surface area contributed by atoms with Crippen molar-refractivity contribution >= 4 is 17.5 Å². The number of carbonyl (C=O) groups excluding carboxylic acids is 1. The molecule has 1 aromatic carbocycles. The van der Waals surface area contributed by atoms with Crippen LogP contribution in [0.5, 0.6) is 0 Å². The molecule has 2 N–H and O–H groups in total. The number of nitriles is 1. The zero-order valence-corrected chi connectivity index (χ0v) is 12.5. The summed E-state index contributed by atoms with van der Waals surface area (Å²) in [5, 5.41) is 14.6. The van der Waals surface area contributed by atoms with Crippen LogP contribution >= 0.6 is 0 Å². The normalized spacial score (nSPS) is 11.3. The van der Waals surface area contributed by atoms with Crippen molar-refractivity contribution in [3.8, 4) is 6.07 Å². The van der Waals surface area contributed by atoms with Crippen LogP contribution in [0.4, 0.5) is 11.6 Å². The minimum Gasteiger partial charge on any atom is -0.352 e. The highest BCUT2D eigenvalue weighted by Gasteiger charge is 2.08. The van der Waals surface area contributed by atoms with E-state index in [1.165, 1.54) is 12.4 Å². The molecular weight excluding hydrogens is 278 g/mol. The summed E-state index contributed by atoms with van der Waals surface area (Å²) in [4.78, 5) is 20.3. The molecule has 22 heavy (non-hydrogen) atoms. The molecule has 0 aliphatic rings. The van der Waals surface area contributed by atoms with Crippen molar-refractivity contribution in [2.45, 2.75) is 26.3 Å². The number of hydrogen-bond acceptors (Lipinski definition) is 5. The molecule has 2 aromatic rings. The number of aromatic nitrogens is 2. The first-order chi connectivity index (χ1) is 10.6. The lowest BCUT2D eigenvalue weighted by molar-refractivity contribution is 0.102. The highest BCUT2D eigenvalue weighted by molar-refractivity contribution is 6.03. The van der Waals surface area contributed by atoms with Crippen molar-refractivity contribution in [3.05, 3.63) is 47.8 Å². The molecule has 0 bridgehead atoms. The second-order valence-electron chi connectivity index (χ2n) is 4.89. The molecule has 1 heterocycles. The predicted molar refractivity (Wildman–Crippen MR) is 84.5 cm³/mol. The highest BCUT2D eigenvalue weighted by atomic mass is 16.1. The third-order valence-corrected chi connectivity index (χ3v) is 3.17. The van der Waals surface area contributed by atoms with Crippen molar-refractivity contribution in [1.82, 2.24) is 9.97 Å². The lowest BCUT2D eigenvalue weighted by Gasteiger charge is -2.11. The Labute approximate surface area is 129 Å². The van der Waals surface area contributed by atoms with Crippen molar-refractivity contribution in [2.24, 2.45) is 0 Å². The summed E-state index contributed by atoms with van der Waals surface area (Å²) in [6.45, 7) is 4.10. The van der Waals surface area contributed by atoms with Gasteiger partial charge in [-0.2, -0.15) is 5.26 Å². The van der Waals surface area contributed by atoms with E-state index in [0.717, 1.165) is 6.42 Å². The summed E-state index contributed by atoms with van der Waals surface area (Å²) < 4.78 is 0. The third-order valence-electron chi connectivity index (χ3n) is 3.17. The van der Waals surface area contributed by atoms with Gasteiger partial charge in [-0.3, -0.25) is 4.79 Å². The average molecular weight is 295 g/mol. The lowest BCUT2D eigenvalue weighted by atomic mass is 10.2. The van der Waals surface area contributed by atoms with E-state index in [1.54, 1.807) is 24.3 Å². The summed E-state index contributed by atoms with van der Waals surface area (Å²) in [5.74, 6) is 0.212. The number of carbonyl (C=O) groups is 1. The topological polar surface area (TPSA) is 90.7 Å². The largest absolute Gasteiger partial charge is 0.352 e. The van der Waals surface area contributed by atoms with Crippen molar-refractivity contribution in [1.29, 1.82) is 5.26 Å². The minimum atomic E-state index is -0.292. The molecule has 0 saturated heterocycles. The summed E-state index contributed by atoms with van der Waals surface area (Å²) >= 11 is 0. The molecule has 1 aromatic heterocycles. The van der Waals surface area contributed by atoms with Gasteiger partial charge < -0.3 is 10.6 Å². The first-order valence-corrected chi connectivity index (χ1v) is 7.02.